The minimum Gasteiger partial charge on any atom is -0.465 e. The van der Waals surface area contributed by atoms with Gasteiger partial charge in [-0.05, 0) is 17.5 Å². The molecule has 6 nitrogen and oxygen atoms in total. The second-order valence-corrected chi connectivity index (χ2v) is 5.59. The van der Waals surface area contributed by atoms with Crippen molar-refractivity contribution >= 4 is 34.6 Å². The number of carbonyl (C=O) groups excluding carboxylic acids is 1. The Kier molecular flexibility index (Phi) is 4.99. The van der Waals surface area contributed by atoms with Crippen LogP contribution in [0.5, 0.6) is 11.5 Å². The predicted octanol–water partition coefficient (Wildman–Crippen LogP) is 4.91. The van der Waals surface area contributed by atoms with Crippen LogP contribution in [-0.4, -0.2) is 18.0 Å². The number of carbonyl (C=O) groups is 1. The van der Waals surface area contributed by atoms with Crippen molar-refractivity contribution in [1.29, 1.82) is 0 Å². The van der Waals surface area contributed by atoms with Crippen molar-refractivity contribution in [3.8, 4) is 11.5 Å². The topological polar surface area (TPSA) is 78.7 Å². The predicted molar refractivity (Wildman–Crippen MR) is 78.8 cm³/mol. The number of benzene rings is 1. The Morgan fingerprint density at radius 2 is 2.04 bits per heavy atom. The Morgan fingerprint density at radius 3 is 2.58 bits per heavy atom. The maximum atomic E-state index is 12.8. The Balaban J connectivity index is 2.53. The lowest BCUT2D eigenvalue weighted by atomic mass is 10.2. The minimum atomic E-state index is -4.81. The van der Waals surface area contributed by atoms with Gasteiger partial charge in [-0.25, -0.2) is 4.79 Å². The van der Waals surface area contributed by atoms with Crippen molar-refractivity contribution < 1.29 is 32.4 Å². The average molecular weight is 382 g/mol. The van der Waals surface area contributed by atoms with E-state index < -0.39 is 39.1 Å². The van der Waals surface area contributed by atoms with Gasteiger partial charge >= 0.3 is 17.8 Å². The Hall–Kier alpha value is -2.33. The molecule has 0 spiro atoms. The van der Waals surface area contributed by atoms with E-state index in [-0.39, 0.29) is 10.6 Å². The molecule has 128 valence electrons. The van der Waals surface area contributed by atoms with E-state index in [0.29, 0.717) is 12.1 Å². The van der Waals surface area contributed by atoms with E-state index in [0.717, 1.165) is 18.4 Å². The van der Waals surface area contributed by atoms with Gasteiger partial charge < -0.3 is 9.47 Å². The first-order valence-electron chi connectivity index (χ1n) is 6.04. The van der Waals surface area contributed by atoms with Gasteiger partial charge in [-0.15, -0.1) is 11.3 Å². The lowest BCUT2D eigenvalue weighted by Gasteiger charge is -2.12. The van der Waals surface area contributed by atoms with Crippen LogP contribution >= 0.6 is 22.9 Å². The number of rotatable bonds is 4. The van der Waals surface area contributed by atoms with Crippen LogP contribution in [0.1, 0.15) is 15.2 Å². The molecule has 0 saturated carbocycles. The van der Waals surface area contributed by atoms with Crippen molar-refractivity contribution in [2.45, 2.75) is 6.18 Å². The summed E-state index contributed by atoms with van der Waals surface area (Å²) in [6.07, 6.45) is -4.81. The number of nitro groups is 1. The average Bonchev–Trinajstić information content (AvgIpc) is 2.95. The molecule has 0 aliphatic carbocycles. The third kappa shape index (κ3) is 3.60. The molecule has 0 fully saturated rings. The molecule has 0 unspecified atom stereocenters. The highest BCUT2D eigenvalue weighted by Crippen LogP contribution is 2.44. The fourth-order valence-electron chi connectivity index (χ4n) is 1.71. The van der Waals surface area contributed by atoms with E-state index in [1.165, 1.54) is 11.4 Å². The van der Waals surface area contributed by atoms with Crippen LogP contribution in [0.25, 0.3) is 0 Å². The van der Waals surface area contributed by atoms with Gasteiger partial charge in [-0.2, -0.15) is 13.2 Å². The van der Waals surface area contributed by atoms with Crippen LogP contribution in [0, 0.1) is 10.1 Å². The number of thiophene rings is 1. The molecular weight excluding hydrogens is 375 g/mol. The molecule has 1 heterocycles. The lowest BCUT2D eigenvalue weighted by Crippen LogP contribution is -2.07. The molecular formula is C13H7ClF3NO5S. The molecule has 0 radical (unpaired) electrons. The number of alkyl halides is 3. The largest absolute Gasteiger partial charge is 0.465 e. The van der Waals surface area contributed by atoms with Crippen LogP contribution in [0.4, 0.5) is 18.9 Å². The monoisotopic (exact) mass is 381 g/mol. The van der Waals surface area contributed by atoms with Crippen molar-refractivity contribution in [3.05, 3.63) is 49.2 Å². The van der Waals surface area contributed by atoms with Crippen molar-refractivity contribution in [2.24, 2.45) is 0 Å². The Labute approximate surface area is 141 Å². The number of nitrogens with zero attached hydrogens (tertiary/aromatic N) is 1. The summed E-state index contributed by atoms with van der Waals surface area (Å²) in [4.78, 5) is 21.6. The standard InChI is InChI=1S/C13H7ClF3NO5S/c1-22-12(19)11-9(2-3-24-11)23-10-7(14)4-6(13(15,16)17)5-8(10)18(20)21/h2-5H,1H3. The SMILES string of the molecule is COC(=O)c1sccc1Oc1c(Cl)cc(C(F)(F)F)cc1[N+](=O)[O-]. The maximum Gasteiger partial charge on any atom is 0.416 e. The first kappa shape index (κ1) is 18.0. The van der Waals surface area contributed by atoms with Gasteiger partial charge in [0.05, 0.1) is 22.6 Å². The smallest absolute Gasteiger partial charge is 0.416 e. The molecule has 2 rings (SSSR count). The summed E-state index contributed by atoms with van der Waals surface area (Å²) in [5.41, 5.74) is -2.26. The first-order valence-corrected chi connectivity index (χ1v) is 7.29. The number of methoxy groups -OCH3 is 1. The molecule has 0 aliphatic heterocycles. The van der Waals surface area contributed by atoms with Crippen molar-refractivity contribution in [1.82, 2.24) is 0 Å². The molecule has 24 heavy (non-hydrogen) atoms. The fourth-order valence-corrected chi connectivity index (χ4v) is 2.69. The van der Waals surface area contributed by atoms with Gasteiger partial charge in [0.1, 0.15) is 0 Å². The number of esters is 1. The maximum absolute atomic E-state index is 12.8. The van der Waals surface area contributed by atoms with Crippen LogP contribution in [-0.2, 0) is 10.9 Å². The van der Waals surface area contributed by atoms with Crippen LogP contribution < -0.4 is 4.74 Å². The molecule has 1 aromatic heterocycles. The molecule has 0 N–H and O–H groups in total. The number of ether oxygens (including phenoxy) is 2. The molecule has 1 aromatic carbocycles. The van der Waals surface area contributed by atoms with Gasteiger partial charge in [0.25, 0.3) is 0 Å². The zero-order valence-electron chi connectivity index (χ0n) is 11.7. The molecule has 0 saturated heterocycles. The van der Waals surface area contributed by atoms with Gasteiger partial charge in [-0.3, -0.25) is 10.1 Å². The number of hydrogen-bond acceptors (Lipinski definition) is 6. The highest BCUT2D eigenvalue weighted by molar-refractivity contribution is 7.12. The molecule has 0 atom stereocenters. The zero-order chi connectivity index (χ0) is 18.1. The van der Waals surface area contributed by atoms with E-state index in [2.05, 4.69) is 4.74 Å². The van der Waals surface area contributed by atoms with Crippen molar-refractivity contribution in [2.75, 3.05) is 7.11 Å². The number of halogens is 4. The Morgan fingerprint density at radius 1 is 1.38 bits per heavy atom. The third-order valence-electron chi connectivity index (χ3n) is 2.76. The van der Waals surface area contributed by atoms with E-state index in [1.807, 2.05) is 0 Å². The number of nitro benzene ring substituents is 1. The van der Waals surface area contributed by atoms with Gasteiger partial charge in [0.2, 0.25) is 5.75 Å². The van der Waals surface area contributed by atoms with E-state index >= 15 is 0 Å². The summed E-state index contributed by atoms with van der Waals surface area (Å²) in [6, 6.07) is 2.13. The highest BCUT2D eigenvalue weighted by Gasteiger charge is 2.35. The van der Waals surface area contributed by atoms with E-state index in [1.54, 1.807) is 0 Å². The summed E-state index contributed by atoms with van der Waals surface area (Å²) in [5.74, 6) is -1.47. The van der Waals surface area contributed by atoms with Crippen LogP contribution in [0.15, 0.2) is 23.6 Å². The molecule has 0 bridgehead atoms. The molecule has 2 aromatic rings. The first-order chi connectivity index (χ1) is 11.1. The normalized spacial score (nSPS) is 11.2. The lowest BCUT2D eigenvalue weighted by molar-refractivity contribution is -0.385. The van der Waals surface area contributed by atoms with Crippen molar-refractivity contribution in [3.63, 3.8) is 0 Å². The zero-order valence-corrected chi connectivity index (χ0v) is 13.3. The number of hydrogen-bond donors (Lipinski definition) is 0. The molecule has 0 amide bonds. The van der Waals surface area contributed by atoms with E-state index in [9.17, 15) is 28.1 Å². The highest BCUT2D eigenvalue weighted by atomic mass is 35.5. The van der Waals surface area contributed by atoms with Gasteiger partial charge in [0, 0.05) is 6.07 Å². The Bertz CT molecular complexity index is 805. The minimum absolute atomic E-state index is 0.0113. The quantitative estimate of drug-likeness (QED) is 0.427. The molecule has 11 heteroatoms. The third-order valence-corrected chi connectivity index (χ3v) is 3.92. The summed E-state index contributed by atoms with van der Waals surface area (Å²) < 4.78 is 48.0. The summed E-state index contributed by atoms with van der Waals surface area (Å²) in [5, 5.41) is 11.9. The summed E-state index contributed by atoms with van der Waals surface area (Å²) in [7, 11) is 1.12. The second-order valence-electron chi connectivity index (χ2n) is 4.27. The van der Waals surface area contributed by atoms with Gasteiger partial charge in [-0.1, -0.05) is 11.6 Å². The van der Waals surface area contributed by atoms with Gasteiger partial charge in [0.15, 0.2) is 10.6 Å². The fraction of sp³-hybridized carbons (Fsp3) is 0.154. The summed E-state index contributed by atoms with van der Waals surface area (Å²) in [6.45, 7) is 0. The van der Waals surface area contributed by atoms with Crippen LogP contribution in [0.3, 0.4) is 0 Å². The van der Waals surface area contributed by atoms with E-state index in [4.69, 9.17) is 16.3 Å². The van der Waals surface area contributed by atoms with Crippen LogP contribution in [0.2, 0.25) is 5.02 Å². The second kappa shape index (κ2) is 6.65. The molecule has 0 aliphatic rings. The summed E-state index contributed by atoms with van der Waals surface area (Å²) >= 11 is 6.66.